The lowest BCUT2D eigenvalue weighted by molar-refractivity contribution is -0.114. The first-order valence-electron chi connectivity index (χ1n) is 17.9. The summed E-state index contributed by atoms with van der Waals surface area (Å²) in [4.78, 5) is 13.7. The first-order chi connectivity index (χ1) is 25.1. The molecule has 250 valence electrons. The SMILES string of the molecule is CC1(C)/C(=C/C2=C(O)C(/C=C3\Nc4c(cc5c6c(cccc46)-c4ccccc4-5)C3(C)C)=C(O)C2=O)Nc2c1cc1c3c(cccc23)-c2ccccc2-1. The minimum Gasteiger partial charge on any atom is -0.506 e. The summed E-state index contributed by atoms with van der Waals surface area (Å²) in [6, 6.07) is 34.5. The number of fused-ring (bicyclic) bond motifs is 10. The van der Waals surface area contributed by atoms with Gasteiger partial charge in [-0.15, -0.1) is 0 Å². The number of hydrogen-bond donors (Lipinski definition) is 4. The zero-order valence-corrected chi connectivity index (χ0v) is 29.2. The molecule has 0 saturated heterocycles. The van der Waals surface area contributed by atoms with E-state index in [2.05, 4.69) is 135 Å². The van der Waals surface area contributed by atoms with E-state index >= 15 is 0 Å². The van der Waals surface area contributed by atoms with Crippen LogP contribution in [0.25, 0.3) is 66.1 Å². The second-order valence-electron chi connectivity index (χ2n) is 15.7. The van der Waals surface area contributed by atoms with Gasteiger partial charge in [-0.25, -0.2) is 0 Å². The molecule has 5 aliphatic rings. The van der Waals surface area contributed by atoms with E-state index in [0.717, 1.165) is 44.7 Å². The van der Waals surface area contributed by atoms with Crippen molar-refractivity contribution in [2.24, 2.45) is 0 Å². The molecule has 0 saturated carbocycles. The Morgan fingerprint density at radius 3 is 1.37 bits per heavy atom. The summed E-state index contributed by atoms with van der Waals surface area (Å²) in [6.07, 6.45) is 3.47. The van der Waals surface area contributed by atoms with Gasteiger partial charge in [0.2, 0.25) is 5.78 Å². The van der Waals surface area contributed by atoms with E-state index < -0.39 is 22.4 Å². The first-order valence-corrected chi connectivity index (χ1v) is 17.9. The van der Waals surface area contributed by atoms with Crippen molar-refractivity contribution in [3.8, 4) is 44.5 Å². The van der Waals surface area contributed by atoms with Crippen LogP contribution in [-0.4, -0.2) is 16.0 Å². The molecule has 0 amide bonds. The molecule has 0 bridgehead atoms. The van der Waals surface area contributed by atoms with Gasteiger partial charge in [0.25, 0.3) is 0 Å². The molecule has 52 heavy (non-hydrogen) atoms. The van der Waals surface area contributed by atoms with Gasteiger partial charge in [-0.3, -0.25) is 4.79 Å². The van der Waals surface area contributed by atoms with Gasteiger partial charge in [-0.2, -0.15) is 0 Å². The lowest BCUT2D eigenvalue weighted by Crippen LogP contribution is -2.18. The van der Waals surface area contributed by atoms with Crippen LogP contribution in [0.3, 0.4) is 0 Å². The Hall–Kier alpha value is -6.33. The number of allylic oxidation sites excluding steroid dienone is 5. The molecule has 0 aromatic heterocycles. The van der Waals surface area contributed by atoms with Gasteiger partial charge < -0.3 is 20.8 Å². The monoisotopic (exact) mass is 674 g/mol. The topological polar surface area (TPSA) is 81.6 Å². The molecule has 6 aromatic rings. The number of nitrogens with one attached hydrogen (secondary N) is 2. The van der Waals surface area contributed by atoms with Gasteiger partial charge in [0.05, 0.1) is 22.5 Å². The minimum atomic E-state index is -0.593. The van der Waals surface area contributed by atoms with Crippen LogP contribution in [-0.2, 0) is 15.6 Å². The van der Waals surface area contributed by atoms with Crippen molar-refractivity contribution in [2.45, 2.75) is 38.5 Å². The molecule has 4 N–H and O–H groups in total. The van der Waals surface area contributed by atoms with Crippen molar-refractivity contribution in [1.82, 2.24) is 0 Å². The van der Waals surface area contributed by atoms with E-state index in [1.165, 1.54) is 55.3 Å². The van der Waals surface area contributed by atoms with Gasteiger partial charge in [0.15, 0.2) is 5.76 Å². The molecule has 0 spiro atoms. The van der Waals surface area contributed by atoms with Crippen LogP contribution in [0.5, 0.6) is 0 Å². The van der Waals surface area contributed by atoms with Crippen molar-refractivity contribution >= 4 is 38.7 Å². The third kappa shape index (κ3) is 3.46. The molecular weight excluding hydrogens is 641 g/mol. The molecule has 0 atom stereocenters. The average Bonchev–Trinajstić information content (AvgIpc) is 3.86. The fraction of sp³-hybridized carbons (Fsp3) is 0.128. The zero-order valence-electron chi connectivity index (χ0n) is 29.2. The summed E-state index contributed by atoms with van der Waals surface area (Å²) in [5.41, 5.74) is 14.9. The molecule has 11 rings (SSSR count). The van der Waals surface area contributed by atoms with E-state index in [1.54, 1.807) is 12.2 Å². The number of carbonyl (C=O) groups excluding carboxylic acids is 1. The number of anilines is 2. The van der Waals surface area contributed by atoms with Gasteiger partial charge in [0, 0.05) is 33.0 Å². The van der Waals surface area contributed by atoms with Crippen LogP contribution in [0.2, 0.25) is 0 Å². The van der Waals surface area contributed by atoms with Crippen LogP contribution < -0.4 is 10.6 Å². The summed E-state index contributed by atoms with van der Waals surface area (Å²) in [5.74, 6) is -1.27. The molecule has 5 heteroatoms. The molecule has 2 aliphatic heterocycles. The van der Waals surface area contributed by atoms with Crippen molar-refractivity contribution in [2.75, 3.05) is 10.6 Å². The van der Waals surface area contributed by atoms with Crippen LogP contribution in [0.15, 0.2) is 143 Å². The van der Waals surface area contributed by atoms with Gasteiger partial charge in [-0.05, 0) is 90.7 Å². The number of aliphatic hydroxyl groups excluding tert-OH is 2. The summed E-state index contributed by atoms with van der Waals surface area (Å²) in [6.45, 7) is 8.54. The maximum absolute atomic E-state index is 13.7. The zero-order chi connectivity index (χ0) is 35.4. The quantitative estimate of drug-likeness (QED) is 0.147. The normalized spacial score (nSPS) is 19.5. The molecule has 6 aromatic carbocycles. The summed E-state index contributed by atoms with van der Waals surface area (Å²) >= 11 is 0. The maximum atomic E-state index is 13.7. The Morgan fingerprint density at radius 2 is 0.904 bits per heavy atom. The number of benzene rings is 6. The van der Waals surface area contributed by atoms with Crippen molar-refractivity contribution in [1.29, 1.82) is 0 Å². The highest BCUT2D eigenvalue weighted by molar-refractivity contribution is 6.21. The first kappa shape index (κ1) is 29.4. The fourth-order valence-electron chi connectivity index (χ4n) is 9.48. The Kier molecular flexibility index (Phi) is 5.37. The highest BCUT2D eigenvalue weighted by Crippen LogP contribution is 2.57. The molecule has 0 radical (unpaired) electrons. The summed E-state index contributed by atoms with van der Waals surface area (Å²) < 4.78 is 0. The summed E-state index contributed by atoms with van der Waals surface area (Å²) in [5, 5.41) is 35.0. The Balaban J connectivity index is 0.997. The lowest BCUT2D eigenvalue weighted by atomic mass is 9.81. The molecule has 5 nitrogen and oxygen atoms in total. The van der Waals surface area contributed by atoms with Gasteiger partial charge in [0.1, 0.15) is 5.76 Å². The second-order valence-corrected chi connectivity index (χ2v) is 15.7. The van der Waals surface area contributed by atoms with Crippen LogP contribution in [0, 0.1) is 0 Å². The number of carbonyl (C=O) groups is 1. The highest BCUT2D eigenvalue weighted by Gasteiger charge is 2.42. The summed E-state index contributed by atoms with van der Waals surface area (Å²) in [7, 11) is 0. The molecule has 0 unspecified atom stereocenters. The predicted octanol–water partition coefficient (Wildman–Crippen LogP) is 11.4. The van der Waals surface area contributed by atoms with Crippen molar-refractivity contribution in [3.63, 3.8) is 0 Å². The highest BCUT2D eigenvalue weighted by atomic mass is 16.3. The standard InChI is InChI=1S/C47H34N2O3/c1-46(2)35-19-31-25-13-7-5-11-23(25)27-15-9-17-29(39(27)31)41(35)48-37(46)21-33-43(50)34(45(52)44(33)51)22-38-47(3,4)36-20-32-26-14-8-6-12-24(26)28-16-10-18-30(40(28)32)42(36)49-38/h5-22,48-50H,1-4H3,(H,51,52)/b37-21-,38-22-. The Morgan fingerprint density at radius 1 is 0.500 bits per heavy atom. The largest absolute Gasteiger partial charge is 0.506 e. The smallest absolute Gasteiger partial charge is 0.231 e. The Bertz CT molecular complexity index is 2880. The Labute approximate surface area is 301 Å². The minimum absolute atomic E-state index is 0.0760. The van der Waals surface area contributed by atoms with Crippen LogP contribution in [0.4, 0.5) is 11.4 Å². The van der Waals surface area contributed by atoms with E-state index in [9.17, 15) is 15.0 Å². The number of rotatable bonds is 2. The van der Waals surface area contributed by atoms with E-state index in [4.69, 9.17) is 0 Å². The van der Waals surface area contributed by atoms with E-state index in [-0.39, 0.29) is 16.9 Å². The fourth-order valence-corrected chi connectivity index (χ4v) is 9.48. The van der Waals surface area contributed by atoms with Crippen LogP contribution in [0.1, 0.15) is 38.8 Å². The van der Waals surface area contributed by atoms with Crippen LogP contribution >= 0.6 is 0 Å². The lowest BCUT2D eigenvalue weighted by Gasteiger charge is -2.21. The molecule has 0 fully saturated rings. The maximum Gasteiger partial charge on any atom is 0.231 e. The van der Waals surface area contributed by atoms with E-state index in [0.29, 0.717) is 0 Å². The number of aliphatic hydroxyl groups is 2. The molecule has 2 heterocycles. The average molecular weight is 675 g/mol. The third-order valence-electron chi connectivity index (χ3n) is 12.4. The molecule has 3 aliphatic carbocycles. The second kappa shape index (κ2) is 9.51. The number of hydrogen-bond acceptors (Lipinski definition) is 5. The number of Topliss-reactive ketones (excluding diaryl/α,β-unsaturated/α-hetero) is 1. The van der Waals surface area contributed by atoms with Crippen molar-refractivity contribution in [3.05, 3.63) is 154 Å². The van der Waals surface area contributed by atoms with Gasteiger partial charge in [-0.1, -0.05) is 113 Å². The number of ketones is 1. The van der Waals surface area contributed by atoms with Gasteiger partial charge >= 0.3 is 0 Å². The van der Waals surface area contributed by atoms with E-state index in [1.807, 2.05) is 0 Å². The predicted molar refractivity (Wildman–Crippen MR) is 211 cm³/mol. The third-order valence-corrected chi connectivity index (χ3v) is 12.4. The van der Waals surface area contributed by atoms with Crippen molar-refractivity contribution < 1.29 is 15.0 Å². The molecular formula is C47H34N2O3.